The van der Waals surface area contributed by atoms with Crippen molar-refractivity contribution >= 4 is 23.2 Å². The van der Waals surface area contributed by atoms with Gasteiger partial charge in [0.2, 0.25) is 0 Å². The second-order valence-electron chi connectivity index (χ2n) is 1.96. The van der Waals surface area contributed by atoms with Crippen LogP contribution in [0.4, 0.5) is 0 Å². The quantitative estimate of drug-likeness (QED) is 0.491. The van der Waals surface area contributed by atoms with Gasteiger partial charge in [-0.05, 0) is 19.4 Å². The van der Waals surface area contributed by atoms with E-state index in [2.05, 4.69) is 5.32 Å². The highest BCUT2D eigenvalue weighted by molar-refractivity contribution is 6.25. The Kier molecular flexibility index (Phi) is 9.54. The summed E-state index contributed by atoms with van der Waals surface area (Å²) in [6.07, 6.45) is 4.10. The number of hydrogen-bond acceptors (Lipinski definition) is 1. The van der Waals surface area contributed by atoms with E-state index in [1.807, 2.05) is 6.08 Å². The zero-order chi connectivity index (χ0) is 7.66. The lowest BCUT2D eigenvalue weighted by Crippen LogP contribution is -2.14. The molecule has 0 atom stereocenters. The van der Waals surface area contributed by atoms with Crippen LogP contribution < -0.4 is 5.32 Å². The molecule has 0 rings (SSSR count). The average molecular weight is 182 g/mol. The van der Waals surface area contributed by atoms with Gasteiger partial charge in [0, 0.05) is 18.0 Å². The number of hydrogen-bond donors (Lipinski definition) is 1. The van der Waals surface area contributed by atoms with Gasteiger partial charge in [-0.25, -0.2) is 0 Å². The number of alkyl halides is 1. The van der Waals surface area contributed by atoms with Gasteiger partial charge in [-0.2, -0.15) is 0 Å². The third-order valence-electron chi connectivity index (χ3n) is 1.09. The normalized spacial score (nSPS) is 11.0. The van der Waals surface area contributed by atoms with E-state index >= 15 is 0 Å². The smallest absolute Gasteiger partial charge is 0.0223 e. The molecule has 0 amide bonds. The topological polar surface area (TPSA) is 12.0 Å². The van der Waals surface area contributed by atoms with Crippen LogP contribution >= 0.6 is 23.2 Å². The molecular weight excluding hydrogens is 169 g/mol. The Morgan fingerprint density at radius 3 is 2.70 bits per heavy atom. The maximum Gasteiger partial charge on any atom is 0.0223 e. The first kappa shape index (κ1) is 10.3. The maximum atomic E-state index is 5.48. The van der Waals surface area contributed by atoms with Crippen molar-refractivity contribution in [3.63, 3.8) is 0 Å². The second kappa shape index (κ2) is 9.28. The molecule has 1 nitrogen and oxygen atoms in total. The predicted octanol–water partition coefficient (Wildman–Crippen LogP) is 2.35. The predicted molar refractivity (Wildman–Crippen MR) is 47.8 cm³/mol. The van der Waals surface area contributed by atoms with Crippen molar-refractivity contribution in [2.45, 2.75) is 12.8 Å². The van der Waals surface area contributed by atoms with Crippen LogP contribution in [0.2, 0.25) is 0 Å². The lowest BCUT2D eigenvalue weighted by molar-refractivity contribution is 0.684. The Balaban J connectivity index is 2.77. The van der Waals surface area contributed by atoms with E-state index in [4.69, 9.17) is 23.2 Å². The van der Waals surface area contributed by atoms with E-state index in [1.165, 1.54) is 5.54 Å². The van der Waals surface area contributed by atoms with Crippen LogP contribution in [0.15, 0.2) is 11.6 Å². The van der Waals surface area contributed by atoms with Gasteiger partial charge in [0.25, 0.3) is 0 Å². The molecule has 0 unspecified atom stereocenters. The summed E-state index contributed by atoms with van der Waals surface area (Å²) in [7, 11) is 0. The summed E-state index contributed by atoms with van der Waals surface area (Å²) in [6, 6.07) is 0. The molecular formula is C7H13Cl2N. The fourth-order valence-electron chi connectivity index (χ4n) is 0.574. The van der Waals surface area contributed by atoms with Crippen LogP contribution in [0.25, 0.3) is 0 Å². The minimum absolute atomic E-state index is 0.757. The van der Waals surface area contributed by atoms with E-state index in [0.717, 1.165) is 31.8 Å². The van der Waals surface area contributed by atoms with Gasteiger partial charge in [-0.1, -0.05) is 17.7 Å². The van der Waals surface area contributed by atoms with Gasteiger partial charge < -0.3 is 5.32 Å². The van der Waals surface area contributed by atoms with E-state index in [0.29, 0.717) is 0 Å². The molecule has 1 N–H and O–H groups in total. The molecule has 0 aromatic heterocycles. The highest BCUT2D eigenvalue weighted by atomic mass is 35.5. The molecule has 0 aromatic carbocycles. The Morgan fingerprint density at radius 1 is 1.30 bits per heavy atom. The molecule has 0 fully saturated rings. The number of unbranched alkanes of at least 4 members (excludes halogenated alkanes) is 1. The van der Waals surface area contributed by atoms with Gasteiger partial charge in [0.1, 0.15) is 0 Å². The van der Waals surface area contributed by atoms with Crippen LogP contribution in [-0.2, 0) is 0 Å². The number of halogens is 2. The first-order valence-corrected chi connectivity index (χ1v) is 4.41. The molecule has 60 valence electrons. The molecule has 0 bridgehead atoms. The van der Waals surface area contributed by atoms with Crippen LogP contribution in [0.3, 0.4) is 0 Å². The van der Waals surface area contributed by atoms with Crippen molar-refractivity contribution in [1.82, 2.24) is 5.32 Å². The van der Waals surface area contributed by atoms with Crippen LogP contribution in [0, 0.1) is 0 Å². The molecule has 10 heavy (non-hydrogen) atoms. The zero-order valence-electron chi connectivity index (χ0n) is 5.95. The van der Waals surface area contributed by atoms with E-state index in [9.17, 15) is 0 Å². The zero-order valence-corrected chi connectivity index (χ0v) is 7.46. The highest BCUT2D eigenvalue weighted by Gasteiger charge is 1.83. The number of nitrogens with one attached hydrogen (secondary N) is 1. The lowest BCUT2D eigenvalue weighted by atomic mass is 10.3. The maximum absolute atomic E-state index is 5.48. The summed E-state index contributed by atoms with van der Waals surface area (Å²) in [5.41, 5.74) is 1.52. The second-order valence-corrected chi connectivity index (χ2v) is 2.59. The van der Waals surface area contributed by atoms with Gasteiger partial charge in [0.15, 0.2) is 0 Å². The minimum Gasteiger partial charge on any atom is -0.313 e. The molecule has 0 heterocycles. The monoisotopic (exact) mass is 181 g/mol. The standard InChI is InChI=1S/C7H13Cl2N/c8-4-1-2-6-10-7-3-5-9/h3,5,10H,1-2,4,6-7H2/b5-3+. The molecule has 0 saturated carbocycles. The summed E-state index contributed by atoms with van der Waals surface area (Å²) in [5.74, 6) is 0.757. The van der Waals surface area contributed by atoms with Crippen molar-refractivity contribution in [3.05, 3.63) is 11.6 Å². The third kappa shape index (κ3) is 8.28. The Bertz CT molecular complexity index is 83.7. The van der Waals surface area contributed by atoms with E-state index < -0.39 is 0 Å². The van der Waals surface area contributed by atoms with Gasteiger partial charge in [-0.3, -0.25) is 0 Å². The third-order valence-corrected chi connectivity index (χ3v) is 1.53. The lowest BCUT2D eigenvalue weighted by Gasteiger charge is -1.97. The van der Waals surface area contributed by atoms with Gasteiger partial charge >= 0.3 is 0 Å². The summed E-state index contributed by atoms with van der Waals surface area (Å²) in [4.78, 5) is 0. The van der Waals surface area contributed by atoms with Gasteiger partial charge in [0.05, 0.1) is 0 Å². The van der Waals surface area contributed by atoms with Crippen molar-refractivity contribution in [2.24, 2.45) is 0 Å². The van der Waals surface area contributed by atoms with Crippen molar-refractivity contribution in [2.75, 3.05) is 19.0 Å². The fraction of sp³-hybridized carbons (Fsp3) is 0.714. The highest BCUT2D eigenvalue weighted by Crippen LogP contribution is 1.88. The first-order valence-electron chi connectivity index (χ1n) is 3.43. The largest absolute Gasteiger partial charge is 0.313 e. The van der Waals surface area contributed by atoms with Crippen LogP contribution in [0.5, 0.6) is 0 Å². The molecule has 0 saturated heterocycles. The van der Waals surface area contributed by atoms with Crippen LogP contribution in [-0.4, -0.2) is 19.0 Å². The Morgan fingerprint density at radius 2 is 2.10 bits per heavy atom. The van der Waals surface area contributed by atoms with Gasteiger partial charge in [-0.15, -0.1) is 11.6 Å². The molecule has 0 aliphatic heterocycles. The summed E-state index contributed by atoms with van der Waals surface area (Å²) in [6.45, 7) is 1.87. The summed E-state index contributed by atoms with van der Waals surface area (Å²) in [5, 5.41) is 3.19. The fourth-order valence-corrected chi connectivity index (χ4v) is 0.852. The molecule has 3 heteroatoms. The van der Waals surface area contributed by atoms with E-state index in [1.54, 1.807) is 0 Å². The van der Waals surface area contributed by atoms with Crippen LogP contribution in [0.1, 0.15) is 12.8 Å². The van der Waals surface area contributed by atoms with Crippen molar-refractivity contribution in [1.29, 1.82) is 0 Å². The molecule has 0 aromatic rings. The number of rotatable bonds is 6. The molecule has 0 aliphatic rings. The van der Waals surface area contributed by atoms with Crippen molar-refractivity contribution in [3.8, 4) is 0 Å². The molecule has 0 radical (unpaired) electrons. The summed E-state index contributed by atoms with van der Waals surface area (Å²) >= 11 is 10.8. The van der Waals surface area contributed by atoms with E-state index in [-0.39, 0.29) is 0 Å². The average Bonchev–Trinajstić information content (AvgIpc) is 1.97. The minimum atomic E-state index is 0.757. The van der Waals surface area contributed by atoms with Crippen molar-refractivity contribution < 1.29 is 0 Å². The first-order chi connectivity index (χ1) is 4.91. The SMILES string of the molecule is Cl/C=C/CNCCCCCl. The Labute approximate surface area is 72.4 Å². The summed E-state index contributed by atoms with van der Waals surface area (Å²) < 4.78 is 0. The Hall–Kier alpha value is 0.280. The molecule has 0 aliphatic carbocycles. The molecule has 0 spiro atoms.